The van der Waals surface area contributed by atoms with E-state index in [1.807, 2.05) is 6.92 Å². The van der Waals surface area contributed by atoms with Crippen LogP contribution in [0.3, 0.4) is 0 Å². The van der Waals surface area contributed by atoms with Crippen LogP contribution in [-0.2, 0) is 4.79 Å². The molecule has 20 heavy (non-hydrogen) atoms. The van der Waals surface area contributed by atoms with E-state index in [0.29, 0.717) is 25.0 Å². The lowest BCUT2D eigenvalue weighted by atomic mass is 10.2. The SMILES string of the molecule is C[C@@H]1CC[C@H](C)N1[C@@H](C)C(=O)NCCCCC(F)(F)F. The quantitative estimate of drug-likeness (QED) is 0.764. The number of halogens is 3. The van der Waals surface area contributed by atoms with Crippen molar-refractivity contribution in [2.24, 2.45) is 0 Å². The molecule has 1 fully saturated rings. The molecule has 1 amide bonds. The van der Waals surface area contributed by atoms with Gasteiger partial charge in [0.15, 0.2) is 0 Å². The number of carbonyl (C=O) groups is 1. The first-order valence-electron chi connectivity index (χ1n) is 7.34. The number of hydrogen-bond acceptors (Lipinski definition) is 2. The summed E-state index contributed by atoms with van der Waals surface area (Å²) in [6.45, 7) is 6.40. The second kappa shape index (κ2) is 7.29. The van der Waals surface area contributed by atoms with Gasteiger partial charge in [-0.3, -0.25) is 9.69 Å². The smallest absolute Gasteiger partial charge is 0.355 e. The minimum atomic E-state index is -4.10. The first-order chi connectivity index (χ1) is 9.22. The van der Waals surface area contributed by atoms with Gasteiger partial charge < -0.3 is 5.32 Å². The molecule has 1 aliphatic heterocycles. The molecule has 0 aliphatic carbocycles. The number of hydrogen-bond donors (Lipinski definition) is 1. The van der Waals surface area contributed by atoms with Gasteiger partial charge in [0.25, 0.3) is 0 Å². The molecule has 0 saturated carbocycles. The molecular formula is C14H25F3N2O. The highest BCUT2D eigenvalue weighted by atomic mass is 19.4. The Bertz CT molecular complexity index is 310. The number of nitrogens with zero attached hydrogens (tertiary/aromatic N) is 1. The van der Waals surface area contributed by atoms with Crippen LogP contribution in [-0.4, -0.2) is 41.7 Å². The van der Waals surface area contributed by atoms with E-state index in [4.69, 9.17) is 0 Å². The van der Waals surface area contributed by atoms with Crippen LogP contribution >= 0.6 is 0 Å². The maximum absolute atomic E-state index is 12.0. The Morgan fingerprint density at radius 1 is 1.25 bits per heavy atom. The van der Waals surface area contributed by atoms with Gasteiger partial charge in [0.05, 0.1) is 6.04 Å². The van der Waals surface area contributed by atoms with Crippen molar-refractivity contribution in [3.8, 4) is 0 Å². The fraction of sp³-hybridized carbons (Fsp3) is 0.929. The summed E-state index contributed by atoms with van der Waals surface area (Å²) in [5, 5.41) is 2.74. The van der Waals surface area contributed by atoms with Crippen LogP contribution in [0.5, 0.6) is 0 Å². The van der Waals surface area contributed by atoms with E-state index in [2.05, 4.69) is 24.1 Å². The van der Waals surface area contributed by atoms with Gasteiger partial charge >= 0.3 is 6.18 Å². The maximum atomic E-state index is 12.0. The van der Waals surface area contributed by atoms with Crippen LogP contribution in [0.4, 0.5) is 13.2 Å². The third-order valence-corrected chi connectivity index (χ3v) is 4.03. The molecule has 0 aromatic rings. The van der Waals surface area contributed by atoms with Crippen molar-refractivity contribution in [3.05, 3.63) is 0 Å². The molecular weight excluding hydrogens is 269 g/mol. The van der Waals surface area contributed by atoms with Gasteiger partial charge in [-0.1, -0.05) is 0 Å². The van der Waals surface area contributed by atoms with Crippen molar-refractivity contribution in [1.29, 1.82) is 0 Å². The number of nitrogens with one attached hydrogen (secondary N) is 1. The van der Waals surface area contributed by atoms with E-state index in [0.717, 1.165) is 12.8 Å². The first-order valence-corrected chi connectivity index (χ1v) is 7.34. The summed E-state index contributed by atoms with van der Waals surface area (Å²) >= 11 is 0. The second-order valence-electron chi connectivity index (χ2n) is 5.76. The average Bonchev–Trinajstić information content (AvgIpc) is 2.66. The zero-order valence-corrected chi connectivity index (χ0v) is 12.5. The van der Waals surface area contributed by atoms with Crippen molar-refractivity contribution in [1.82, 2.24) is 10.2 Å². The highest BCUT2D eigenvalue weighted by Crippen LogP contribution is 2.26. The van der Waals surface area contributed by atoms with Crippen LogP contribution in [0.2, 0.25) is 0 Å². The Hall–Kier alpha value is -0.780. The molecule has 1 aliphatic rings. The molecule has 0 aromatic heterocycles. The molecule has 1 saturated heterocycles. The lowest BCUT2D eigenvalue weighted by Gasteiger charge is -2.31. The summed E-state index contributed by atoms with van der Waals surface area (Å²) < 4.78 is 35.9. The summed E-state index contributed by atoms with van der Waals surface area (Å²) in [5.74, 6) is -0.0855. The van der Waals surface area contributed by atoms with Gasteiger partial charge in [-0.2, -0.15) is 13.2 Å². The number of amides is 1. The molecule has 6 heteroatoms. The fourth-order valence-electron chi connectivity index (χ4n) is 2.92. The van der Waals surface area contributed by atoms with E-state index in [9.17, 15) is 18.0 Å². The zero-order valence-electron chi connectivity index (χ0n) is 12.5. The van der Waals surface area contributed by atoms with Crippen LogP contribution in [0, 0.1) is 0 Å². The molecule has 0 unspecified atom stereocenters. The third kappa shape index (κ3) is 5.31. The van der Waals surface area contributed by atoms with E-state index in [1.165, 1.54) is 0 Å². The Kier molecular flexibility index (Phi) is 6.30. The average molecular weight is 294 g/mol. The predicted octanol–water partition coefficient (Wildman–Crippen LogP) is 3.10. The third-order valence-electron chi connectivity index (χ3n) is 4.03. The number of alkyl halides is 3. The molecule has 3 nitrogen and oxygen atoms in total. The summed E-state index contributed by atoms with van der Waals surface area (Å²) in [6.07, 6.45) is -2.27. The van der Waals surface area contributed by atoms with E-state index in [-0.39, 0.29) is 18.4 Å². The molecule has 118 valence electrons. The van der Waals surface area contributed by atoms with Gasteiger partial charge in [-0.15, -0.1) is 0 Å². The lowest BCUT2D eigenvalue weighted by molar-refractivity contribution is -0.135. The Labute approximate surface area is 118 Å². The molecule has 0 spiro atoms. The second-order valence-corrected chi connectivity index (χ2v) is 5.76. The topological polar surface area (TPSA) is 32.3 Å². The summed E-state index contributed by atoms with van der Waals surface area (Å²) in [7, 11) is 0. The fourth-order valence-corrected chi connectivity index (χ4v) is 2.92. The number of likely N-dealkylation sites (tertiary alicyclic amines) is 1. The maximum Gasteiger partial charge on any atom is 0.389 e. The van der Waals surface area contributed by atoms with Crippen molar-refractivity contribution in [3.63, 3.8) is 0 Å². The Balaban J connectivity index is 2.25. The van der Waals surface area contributed by atoms with Crippen LogP contribution in [0.1, 0.15) is 52.9 Å². The first kappa shape index (κ1) is 17.3. The number of unbranched alkanes of at least 4 members (excludes halogenated alkanes) is 1. The van der Waals surface area contributed by atoms with Gasteiger partial charge in [-0.05, 0) is 46.5 Å². The minimum Gasteiger partial charge on any atom is -0.355 e. The normalized spacial score (nSPS) is 25.7. The van der Waals surface area contributed by atoms with E-state index < -0.39 is 12.6 Å². The highest BCUT2D eigenvalue weighted by Gasteiger charge is 2.34. The van der Waals surface area contributed by atoms with Crippen LogP contribution in [0.15, 0.2) is 0 Å². The minimum absolute atomic E-state index is 0.0642. The van der Waals surface area contributed by atoms with Crippen molar-refractivity contribution in [2.45, 2.75) is 77.2 Å². The summed E-state index contributed by atoms with van der Waals surface area (Å²) in [5.41, 5.74) is 0. The van der Waals surface area contributed by atoms with E-state index >= 15 is 0 Å². The van der Waals surface area contributed by atoms with Gasteiger partial charge in [0, 0.05) is 25.0 Å². The number of rotatable bonds is 6. The molecule has 0 aromatic carbocycles. The zero-order chi connectivity index (χ0) is 15.3. The molecule has 0 bridgehead atoms. The molecule has 1 heterocycles. The van der Waals surface area contributed by atoms with Gasteiger partial charge in [0.1, 0.15) is 0 Å². The molecule has 1 rings (SSSR count). The number of carbonyl (C=O) groups excluding carboxylic acids is 1. The molecule has 3 atom stereocenters. The molecule has 1 N–H and O–H groups in total. The van der Waals surface area contributed by atoms with E-state index in [1.54, 1.807) is 0 Å². The van der Waals surface area contributed by atoms with Gasteiger partial charge in [-0.25, -0.2) is 0 Å². The predicted molar refractivity (Wildman–Crippen MR) is 72.4 cm³/mol. The lowest BCUT2D eigenvalue weighted by Crippen LogP contribution is -2.49. The summed E-state index contributed by atoms with van der Waals surface area (Å²) in [4.78, 5) is 14.2. The monoisotopic (exact) mass is 294 g/mol. The Morgan fingerprint density at radius 2 is 1.80 bits per heavy atom. The van der Waals surface area contributed by atoms with Crippen molar-refractivity contribution >= 4 is 5.91 Å². The van der Waals surface area contributed by atoms with Crippen LogP contribution < -0.4 is 5.32 Å². The highest BCUT2D eigenvalue weighted by molar-refractivity contribution is 5.81. The van der Waals surface area contributed by atoms with Crippen molar-refractivity contribution < 1.29 is 18.0 Å². The Morgan fingerprint density at radius 3 is 2.30 bits per heavy atom. The van der Waals surface area contributed by atoms with Gasteiger partial charge in [0.2, 0.25) is 5.91 Å². The molecule has 0 radical (unpaired) electrons. The largest absolute Gasteiger partial charge is 0.389 e. The van der Waals surface area contributed by atoms with Crippen LogP contribution in [0.25, 0.3) is 0 Å². The van der Waals surface area contributed by atoms with Crippen molar-refractivity contribution in [2.75, 3.05) is 6.54 Å². The standard InChI is InChI=1S/C14H25F3N2O/c1-10-6-7-11(2)19(10)12(3)13(20)18-9-5-4-8-14(15,16)17/h10-12H,4-9H2,1-3H3,(H,18,20)/t10-,11+,12-/m0/s1. The summed E-state index contributed by atoms with van der Waals surface area (Å²) in [6, 6.07) is 0.553.